The summed E-state index contributed by atoms with van der Waals surface area (Å²) in [5.74, 6) is 1.20. The second-order valence-electron chi connectivity index (χ2n) is 4.87. The van der Waals surface area contributed by atoms with Gasteiger partial charge in [0.25, 0.3) is 0 Å². The Hall–Kier alpha value is -1.13. The van der Waals surface area contributed by atoms with Crippen molar-refractivity contribution in [2.45, 2.75) is 25.8 Å². The fourth-order valence-electron chi connectivity index (χ4n) is 2.85. The molecule has 1 fully saturated rings. The van der Waals surface area contributed by atoms with E-state index in [1.807, 2.05) is 12.1 Å². The van der Waals surface area contributed by atoms with E-state index in [1.54, 1.807) is 7.11 Å². The predicted octanol–water partition coefficient (Wildman–Crippen LogP) is 1.82. The van der Waals surface area contributed by atoms with E-state index in [-0.39, 0.29) is 0 Å². The molecule has 1 aromatic rings. The molecular formula is C14H23N3O. The first-order valence-electron chi connectivity index (χ1n) is 6.75. The molecule has 4 heteroatoms. The number of aromatic nitrogens is 1. The summed E-state index contributed by atoms with van der Waals surface area (Å²) in [6.07, 6.45) is 2.33. The quantitative estimate of drug-likeness (QED) is 0.865. The highest BCUT2D eigenvalue weighted by molar-refractivity contribution is 5.20. The largest absolute Gasteiger partial charge is 0.481 e. The van der Waals surface area contributed by atoms with Gasteiger partial charge in [-0.2, -0.15) is 0 Å². The van der Waals surface area contributed by atoms with E-state index < -0.39 is 0 Å². The molecule has 1 aliphatic heterocycles. The molecule has 100 valence electrons. The molecule has 1 aromatic heterocycles. The molecule has 0 spiro atoms. The number of methoxy groups -OCH3 is 1. The van der Waals surface area contributed by atoms with Crippen LogP contribution in [0, 0.1) is 5.92 Å². The summed E-state index contributed by atoms with van der Waals surface area (Å²) in [7, 11) is 1.66. The Bertz CT molecular complexity index is 383. The number of rotatable bonds is 5. The Labute approximate surface area is 109 Å². The van der Waals surface area contributed by atoms with Gasteiger partial charge in [-0.1, -0.05) is 13.0 Å². The molecule has 4 nitrogen and oxygen atoms in total. The first kappa shape index (κ1) is 13.3. The predicted molar refractivity (Wildman–Crippen MR) is 72.6 cm³/mol. The Morgan fingerprint density at radius 2 is 2.33 bits per heavy atom. The Kier molecular flexibility index (Phi) is 4.55. The Morgan fingerprint density at radius 3 is 3.00 bits per heavy atom. The van der Waals surface area contributed by atoms with Gasteiger partial charge in [0.2, 0.25) is 5.88 Å². The van der Waals surface area contributed by atoms with E-state index in [0.717, 1.165) is 31.7 Å². The maximum absolute atomic E-state index is 5.90. The zero-order valence-corrected chi connectivity index (χ0v) is 11.3. The van der Waals surface area contributed by atoms with Crippen LogP contribution in [0.15, 0.2) is 18.2 Å². The molecule has 2 N–H and O–H groups in total. The maximum atomic E-state index is 5.90. The number of nitrogens with zero attached hydrogens (tertiary/aromatic N) is 2. The van der Waals surface area contributed by atoms with Gasteiger partial charge in [0.1, 0.15) is 0 Å². The molecule has 2 rings (SSSR count). The van der Waals surface area contributed by atoms with Gasteiger partial charge < -0.3 is 10.5 Å². The molecule has 0 saturated carbocycles. The third-order valence-electron chi connectivity index (χ3n) is 3.70. The smallest absolute Gasteiger partial charge is 0.213 e. The van der Waals surface area contributed by atoms with Crippen LogP contribution in [0.2, 0.25) is 0 Å². The van der Waals surface area contributed by atoms with Crippen LogP contribution in [0.5, 0.6) is 5.88 Å². The average Bonchev–Trinajstić information content (AvgIpc) is 2.82. The van der Waals surface area contributed by atoms with Crippen molar-refractivity contribution in [1.29, 1.82) is 0 Å². The summed E-state index contributed by atoms with van der Waals surface area (Å²) in [6, 6.07) is 6.34. The standard InChI is InChI=1S/C14H23N3O/c1-3-8-17-9-7-11(10-15)14(17)12-5-4-6-13(16-12)18-2/h4-6,11,14H,3,7-10,15H2,1-2H3. The van der Waals surface area contributed by atoms with Crippen molar-refractivity contribution in [3.05, 3.63) is 23.9 Å². The first-order valence-corrected chi connectivity index (χ1v) is 6.75. The molecule has 18 heavy (non-hydrogen) atoms. The van der Waals surface area contributed by atoms with Gasteiger partial charge in [-0.3, -0.25) is 4.90 Å². The van der Waals surface area contributed by atoms with Crippen molar-refractivity contribution < 1.29 is 4.74 Å². The lowest BCUT2D eigenvalue weighted by Crippen LogP contribution is -2.29. The van der Waals surface area contributed by atoms with Gasteiger partial charge in [-0.25, -0.2) is 4.98 Å². The topological polar surface area (TPSA) is 51.4 Å². The van der Waals surface area contributed by atoms with Gasteiger partial charge in [-0.05, 0) is 44.5 Å². The minimum absolute atomic E-state index is 0.352. The lowest BCUT2D eigenvalue weighted by molar-refractivity contribution is 0.224. The first-order chi connectivity index (χ1) is 8.80. The van der Waals surface area contributed by atoms with Crippen molar-refractivity contribution in [3.8, 4) is 5.88 Å². The molecule has 1 saturated heterocycles. The lowest BCUT2D eigenvalue weighted by atomic mass is 9.97. The van der Waals surface area contributed by atoms with Crippen LogP contribution in [0.25, 0.3) is 0 Å². The normalized spacial score (nSPS) is 24.4. The summed E-state index contributed by atoms with van der Waals surface area (Å²) >= 11 is 0. The highest BCUT2D eigenvalue weighted by Gasteiger charge is 2.34. The third-order valence-corrected chi connectivity index (χ3v) is 3.70. The second-order valence-corrected chi connectivity index (χ2v) is 4.87. The monoisotopic (exact) mass is 249 g/mol. The summed E-state index contributed by atoms with van der Waals surface area (Å²) in [4.78, 5) is 7.08. The number of likely N-dealkylation sites (tertiary alicyclic amines) is 1. The van der Waals surface area contributed by atoms with Crippen LogP contribution >= 0.6 is 0 Å². The van der Waals surface area contributed by atoms with Gasteiger partial charge in [0, 0.05) is 6.07 Å². The Morgan fingerprint density at radius 1 is 1.50 bits per heavy atom. The molecule has 2 heterocycles. The lowest BCUT2D eigenvalue weighted by Gasteiger charge is -2.27. The van der Waals surface area contributed by atoms with Gasteiger partial charge in [0.15, 0.2) is 0 Å². The van der Waals surface area contributed by atoms with Crippen LogP contribution in [0.4, 0.5) is 0 Å². The number of ether oxygens (including phenoxy) is 1. The van der Waals surface area contributed by atoms with Crippen LogP contribution in [-0.2, 0) is 0 Å². The minimum Gasteiger partial charge on any atom is -0.481 e. The van der Waals surface area contributed by atoms with Crippen LogP contribution in [-0.4, -0.2) is 36.6 Å². The molecule has 0 amide bonds. The third kappa shape index (κ3) is 2.65. The average molecular weight is 249 g/mol. The van der Waals surface area contributed by atoms with Crippen molar-refractivity contribution >= 4 is 0 Å². The summed E-state index contributed by atoms with van der Waals surface area (Å²) < 4.78 is 5.22. The molecule has 0 radical (unpaired) electrons. The van der Waals surface area contributed by atoms with E-state index in [1.165, 1.54) is 6.42 Å². The molecular weight excluding hydrogens is 226 g/mol. The number of pyridine rings is 1. The zero-order chi connectivity index (χ0) is 13.0. The molecule has 0 aromatic carbocycles. The minimum atomic E-state index is 0.352. The highest BCUT2D eigenvalue weighted by Crippen LogP contribution is 2.36. The summed E-state index contributed by atoms with van der Waals surface area (Å²) in [5, 5.41) is 0. The van der Waals surface area contributed by atoms with E-state index in [2.05, 4.69) is 22.9 Å². The van der Waals surface area contributed by atoms with Gasteiger partial charge in [0.05, 0.1) is 18.8 Å². The number of hydrogen-bond donors (Lipinski definition) is 1. The van der Waals surface area contributed by atoms with E-state index in [9.17, 15) is 0 Å². The van der Waals surface area contributed by atoms with Gasteiger partial charge >= 0.3 is 0 Å². The van der Waals surface area contributed by atoms with Gasteiger partial charge in [-0.15, -0.1) is 0 Å². The van der Waals surface area contributed by atoms with E-state index in [4.69, 9.17) is 10.5 Å². The number of hydrogen-bond acceptors (Lipinski definition) is 4. The van der Waals surface area contributed by atoms with Crippen molar-refractivity contribution in [2.24, 2.45) is 11.7 Å². The second kappa shape index (κ2) is 6.16. The molecule has 1 aliphatic rings. The molecule has 2 unspecified atom stereocenters. The van der Waals surface area contributed by atoms with Crippen LogP contribution in [0.3, 0.4) is 0 Å². The molecule has 2 atom stereocenters. The fourth-order valence-corrected chi connectivity index (χ4v) is 2.85. The van der Waals surface area contributed by atoms with Crippen LogP contribution in [0.1, 0.15) is 31.5 Å². The summed E-state index contributed by atoms with van der Waals surface area (Å²) in [5.41, 5.74) is 7.00. The number of nitrogens with two attached hydrogens (primary N) is 1. The van der Waals surface area contributed by atoms with Crippen molar-refractivity contribution in [2.75, 3.05) is 26.7 Å². The zero-order valence-electron chi connectivity index (χ0n) is 11.3. The van der Waals surface area contributed by atoms with Crippen LogP contribution < -0.4 is 10.5 Å². The van der Waals surface area contributed by atoms with E-state index in [0.29, 0.717) is 17.8 Å². The molecule has 0 bridgehead atoms. The van der Waals surface area contributed by atoms with Crippen molar-refractivity contribution in [3.63, 3.8) is 0 Å². The summed E-state index contributed by atoms with van der Waals surface area (Å²) in [6.45, 7) is 5.18. The Balaban J connectivity index is 2.25. The fraction of sp³-hybridized carbons (Fsp3) is 0.643. The molecule has 0 aliphatic carbocycles. The maximum Gasteiger partial charge on any atom is 0.213 e. The highest BCUT2D eigenvalue weighted by atomic mass is 16.5. The van der Waals surface area contributed by atoms with E-state index >= 15 is 0 Å². The SMILES string of the molecule is CCCN1CCC(CN)C1c1cccc(OC)n1. The van der Waals surface area contributed by atoms with Crippen molar-refractivity contribution in [1.82, 2.24) is 9.88 Å².